The molecule has 0 atom stereocenters. The number of nitrogens with two attached hydrogens (primary N) is 1. The van der Waals surface area contributed by atoms with Gasteiger partial charge in [-0.1, -0.05) is 0 Å². The predicted molar refractivity (Wildman–Crippen MR) is 82.4 cm³/mol. The molecule has 2 heterocycles. The SMILES string of the molecule is CN(C)c1ccc(Nc2nc(N)c3cc[nH]c3n2)cc1. The van der Waals surface area contributed by atoms with Crippen molar-refractivity contribution >= 4 is 34.2 Å². The summed E-state index contributed by atoms with van der Waals surface area (Å²) >= 11 is 0. The molecule has 3 rings (SSSR count). The molecule has 0 saturated heterocycles. The molecule has 0 amide bonds. The summed E-state index contributed by atoms with van der Waals surface area (Å²) in [5.74, 6) is 0.943. The summed E-state index contributed by atoms with van der Waals surface area (Å²) in [6.45, 7) is 0. The summed E-state index contributed by atoms with van der Waals surface area (Å²) < 4.78 is 0. The number of H-pyrrole nitrogens is 1. The van der Waals surface area contributed by atoms with Crippen molar-refractivity contribution in [3.63, 3.8) is 0 Å². The molecule has 20 heavy (non-hydrogen) atoms. The van der Waals surface area contributed by atoms with E-state index >= 15 is 0 Å². The number of fused-ring (bicyclic) bond motifs is 1. The molecule has 0 radical (unpaired) electrons. The van der Waals surface area contributed by atoms with Gasteiger partial charge in [-0.15, -0.1) is 0 Å². The van der Waals surface area contributed by atoms with Crippen LogP contribution in [0.3, 0.4) is 0 Å². The Morgan fingerprint density at radius 3 is 2.55 bits per heavy atom. The first-order chi connectivity index (χ1) is 9.63. The second-order valence-electron chi connectivity index (χ2n) is 4.74. The first-order valence-corrected chi connectivity index (χ1v) is 6.28. The van der Waals surface area contributed by atoms with E-state index in [1.165, 1.54) is 0 Å². The second kappa shape index (κ2) is 4.73. The van der Waals surface area contributed by atoms with Gasteiger partial charge in [0.2, 0.25) is 5.95 Å². The van der Waals surface area contributed by atoms with Gasteiger partial charge in [0, 0.05) is 31.7 Å². The van der Waals surface area contributed by atoms with E-state index < -0.39 is 0 Å². The Bertz CT molecular complexity index is 729. The maximum Gasteiger partial charge on any atom is 0.231 e. The van der Waals surface area contributed by atoms with Crippen LogP contribution in [-0.4, -0.2) is 29.0 Å². The largest absolute Gasteiger partial charge is 0.383 e. The average Bonchev–Trinajstić information content (AvgIpc) is 2.88. The lowest BCUT2D eigenvalue weighted by atomic mass is 10.2. The molecule has 4 N–H and O–H groups in total. The maximum atomic E-state index is 5.90. The van der Waals surface area contributed by atoms with Gasteiger partial charge in [-0.25, -0.2) is 0 Å². The van der Waals surface area contributed by atoms with Gasteiger partial charge in [-0.2, -0.15) is 9.97 Å². The fourth-order valence-corrected chi connectivity index (χ4v) is 1.99. The third kappa shape index (κ3) is 2.23. The number of nitrogen functional groups attached to an aromatic ring is 1. The van der Waals surface area contributed by atoms with Gasteiger partial charge in [0.15, 0.2) is 0 Å². The van der Waals surface area contributed by atoms with Crippen LogP contribution in [0.2, 0.25) is 0 Å². The van der Waals surface area contributed by atoms with Crippen LogP contribution in [0.25, 0.3) is 11.0 Å². The molecule has 0 aliphatic carbocycles. The molecule has 0 fully saturated rings. The first kappa shape index (κ1) is 12.3. The first-order valence-electron chi connectivity index (χ1n) is 6.28. The van der Waals surface area contributed by atoms with Crippen molar-refractivity contribution in [2.75, 3.05) is 30.0 Å². The number of nitrogens with zero attached hydrogens (tertiary/aromatic N) is 3. The van der Waals surface area contributed by atoms with Crippen molar-refractivity contribution in [2.24, 2.45) is 0 Å². The number of rotatable bonds is 3. The molecule has 0 unspecified atom stereocenters. The van der Waals surface area contributed by atoms with E-state index in [4.69, 9.17) is 5.73 Å². The zero-order valence-electron chi connectivity index (χ0n) is 11.4. The highest BCUT2D eigenvalue weighted by Gasteiger charge is 2.06. The minimum atomic E-state index is 0.462. The highest BCUT2D eigenvalue weighted by atomic mass is 15.1. The molecule has 0 spiro atoms. The summed E-state index contributed by atoms with van der Waals surface area (Å²) in [7, 11) is 4.01. The van der Waals surface area contributed by atoms with Crippen molar-refractivity contribution in [3.05, 3.63) is 36.5 Å². The Balaban J connectivity index is 1.88. The van der Waals surface area contributed by atoms with Crippen molar-refractivity contribution in [2.45, 2.75) is 0 Å². The van der Waals surface area contributed by atoms with Crippen LogP contribution in [0.15, 0.2) is 36.5 Å². The molecule has 0 aliphatic heterocycles. The van der Waals surface area contributed by atoms with Crippen LogP contribution in [0.4, 0.5) is 23.1 Å². The quantitative estimate of drug-likeness (QED) is 0.679. The molecule has 0 saturated carbocycles. The summed E-state index contributed by atoms with van der Waals surface area (Å²) in [6.07, 6.45) is 1.80. The van der Waals surface area contributed by atoms with Crippen molar-refractivity contribution in [3.8, 4) is 0 Å². The normalized spacial score (nSPS) is 10.7. The Morgan fingerprint density at radius 1 is 1.10 bits per heavy atom. The summed E-state index contributed by atoms with van der Waals surface area (Å²) in [4.78, 5) is 13.7. The van der Waals surface area contributed by atoms with Crippen molar-refractivity contribution in [1.29, 1.82) is 0 Å². The third-order valence-electron chi connectivity index (χ3n) is 3.09. The van der Waals surface area contributed by atoms with Gasteiger partial charge >= 0.3 is 0 Å². The van der Waals surface area contributed by atoms with Gasteiger partial charge in [-0.05, 0) is 30.3 Å². The number of anilines is 4. The van der Waals surface area contributed by atoms with Crippen LogP contribution >= 0.6 is 0 Å². The Morgan fingerprint density at radius 2 is 1.85 bits per heavy atom. The lowest BCUT2D eigenvalue weighted by molar-refractivity contribution is 1.13. The summed E-state index contributed by atoms with van der Waals surface area (Å²) in [5.41, 5.74) is 8.68. The van der Waals surface area contributed by atoms with Gasteiger partial charge in [-0.3, -0.25) is 0 Å². The molecule has 6 nitrogen and oxygen atoms in total. The summed E-state index contributed by atoms with van der Waals surface area (Å²) in [5, 5.41) is 3.98. The van der Waals surface area contributed by atoms with E-state index in [1.54, 1.807) is 6.20 Å². The zero-order valence-corrected chi connectivity index (χ0v) is 11.4. The Kier molecular flexibility index (Phi) is 2.90. The van der Waals surface area contributed by atoms with E-state index in [2.05, 4.69) is 20.3 Å². The lowest BCUT2D eigenvalue weighted by Crippen LogP contribution is -2.08. The number of nitrogens with one attached hydrogen (secondary N) is 2. The molecule has 3 aromatic rings. The van der Waals surface area contributed by atoms with Crippen LogP contribution in [0, 0.1) is 0 Å². The number of aromatic nitrogens is 3. The fourth-order valence-electron chi connectivity index (χ4n) is 1.99. The van der Waals surface area contributed by atoms with E-state index in [0.717, 1.165) is 22.4 Å². The van der Waals surface area contributed by atoms with Crippen LogP contribution in [0.5, 0.6) is 0 Å². The standard InChI is InChI=1S/C14H16N6/c1-20(2)10-5-3-9(4-6-10)17-14-18-12(15)11-7-8-16-13(11)19-14/h3-8H,1-2H3,(H4,15,16,17,18,19). The molecule has 2 aromatic heterocycles. The number of benzene rings is 1. The minimum absolute atomic E-state index is 0.462. The van der Waals surface area contributed by atoms with E-state index in [0.29, 0.717) is 11.8 Å². The molecular formula is C14H16N6. The van der Waals surface area contributed by atoms with Gasteiger partial charge in [0.25, 0.3) is 0 Å². The molecule has 6 heteroatoms. The van der Waals surface area contributed by atoms with E-state index in [9.17, 15) is 0 Å². The zero-order chi connectivity index (χ0) is 14.1. The van der Waals surface area contributed by atoms with Crippen LogP contribution in [-0.2, 0) is 0 Å². The summed E-state index contributed by atoms with van der Waals surface area (Å²) in [6, 6.07) is 9.87. The second-order valence-corrected chi connectivity index (χ2v) is 4.74. The smallest absolute Gasteiger partial charge is 0.231 e. The number of hydrogen-bond acceptors (Lipinski definition) is 5. The lowest BCUT2D eigenvalue weighted by Gasteiger charge is -2.13. The molecule has 1 aromatic carbocycles. The van der Waals surface area contributed by atoms with E-state index in [-0.39, 0.29) is 0 Å². The van der Waals surface area contributed by atoms with Crippen molar-refractivity contribution in [1.82, 2.24) is 15.0 Å². The van der Waals surface area contributed by atoms with E-state index in [1.807, 2.05) is 49.3 Å². The number of hydrogen-bond donors (Lipinski definition) is 3. The van der Waals surface area contributed by atoms with Crippen LogP contribution in [0.1, 0.15) is 0 Å². The van der Waals surface area contributed by atoms with Gasteiger partial charge in [0.1, 0.15) is 11.5 Å². The predicted octanol–water partition coefficient (Wildman–Crippen LogP) is 2.35. The van der Waals surface area contributed by atoms with Crippen LogP contribution < -0.4 is 16.0 Å². The highest BCUT2D eigenvalue weighted by Crippen LogP contribution is 2.22. The van der Waals surface area contributed by atoms with Crippen molar-refractivity contribution < 1.29 is 0 Å². The Hall–Kier alpha value is -2.76. The fraction of sp³-hybridized carbons (Fsp3) is 0.143. The third-order valence-corrected chi connectivity index (χ3v) is 3.09. The molecule has 102 valence electrons. The van der Waals surface area contributed by atoms with Gasteiger partial charge in [0.05, 0.1) is 5.39 Å². The molecule has 0 bridgehead atoms. The average molecular weight is 268 g/mol. The highest BCUT2D eigenvalue weighted by molar-refractivity contribution is 5.87. The minimum Gasteiger partial charge on any atom is -0.383 e. The monoisotopic (exact) mass is 268 g/mol. The number of aromatic amines is 1. The van der Waals surface area contributed by atoms with Gasteiger partial charge < -0.3 is 20.9 Å². The molecule has 0 aliphatic rings. The Labute approximate surface area is 116 Å². The maximum absolute atomic E-state index is 5.90. The molecular weight excluding hydrogens is 252 g/mol. The topological polar surface area (TPSA) is 82.9 Å².